The number of carbonyl (C=O) groups is 1. The van der Waals surface area contributed by atoms with Gasteiger partial charge in [-0.3, -0.25) is 9.52 Å². The number of hydrogen-bond donors (Lipinski definition) is 2. The summed E-state index contributed by atoms with van der Waals surface area (Å²) in [6, 6.07) is 20.0. The lowest BCUT2D eigenvalue weighted by Crippen LogP contribution is -2.20. The molecule has 2 N–H and O–H groups in total. The zero-order valence-electron chi connectivity index (χ0n) is 15.6. The highest BCUT2D eigenvalue weighted by Crippen LogP contribution is 2.22. The first-order valence-electron chi connectivity index (χ1n) is 8.95. The molecular formula is C21H17N3O4S2. The Kier molecular flexibility index (Phi) is 5.64. The lowest BCUT2D eigenvalue weighted by atomic mass is 10.2. The zero-order valence-corrected chi connectivity index (χ0v) is 17.2. The van der Waals surface area contributed by atoms with Gasteiger partial charge in [-0.25, -0.2) is 8.42 Å². The molecular weight excluding hydrogens is 422 g/mol. The van der Waals surface area contributed by atoms with Crippen LogP contribution in [0.5, 0.6) is 5.75 Å². The van der Waals surface area contributed by atoms with Gasteiger partial charge >= 0.3 is 0 Å². The maximum atomic E-state index is 12.4. The largest absolute Gasteiger partial charge is 0.484 e. The second kappa shape index (κ2) is 8.52. The Morgan fingerprint density at radius 2 is 1.73 bits per heavy atom. The predicted octanol–water partition coefficient (Wildman–Crippen LogP) is 4.11. The highest BCUT2D eigenvalue weighted by atomic mass is 32.2. The Morgan fingerprint density at radius 3 is 2.50 bits per heavy atom. The molecule has 1 aromatic heterocycles. The van der Waals surface area contributed by atoms with Crippen molar-refractivity contribution in [2.24, 2.45) is 0 Å². The van der Waals surface area contributed by atoms with E-state index in [1.165, 1.54) is 35.8 Å². The van der Waals surface area contributed by atoms with Crippen molar-refractivity contribution in [1.82, 2.24) is 4.37 Å². The second-order valence-corrected chi connectivity index (χ2v) is 8.87. The zero-order chi connectivity index (χ0) is 21.0. The molecule has 0 saturated carbocycles. The number of para-hydroxylation sites is 1. The molecule has 1 amide bonds. The summed E-state index contributed by atoms with van der Waals surface area (Å²) >= 11 is 1.39. The average molecular weight is 440 g/mol. The molecule has 0 atom stereocenters. The molecule has 0 unspecified atom stereocenters. The maximum Gasteiger partial charge on any atom is 0.262 e. The Balaban J connectivity index is 1.34. The third kappa shape index (κ3) is 4.76. The van der Waals surface area contributed by atoms with Gasteiger partial charge in [0, 0.05) is 23.0 Å². The molecule has 0 aliphatic rings. The van der Waals surface area contributed by atoms with Crippen molar-refractivity contribution in [3.8, 4) is 5.75 Å². The molecule has 0 radical (unpaired) electrons. The van der Waals surface area contributed by atoms with Crippen molar-refractivity contribution in [3.05, 3.63) is 79.0 Å². The summed E-state index contributed by atoms with van der Waals surface area (Å²) in [7, 11) is -3.70. The quantitative estimate of drug-likeness (QED) is 0.452. The van der Waals surface area contributed by atoms with Crippen LogP contribution in [0.2, 0.25) is 0 Å². The van der Waals surface area contributed by atoms with Crippen molar-refractivity contribution in [2.45, 2.75) is 4.90 Å². The summed E-state index contributed by atoms with van der Waals surface area (Å²) in [5.41, 5.74) is 1.13. The van der Waals surface area contributed by atoms with Crippen LogP contribution in [0.25, 0.3) is 10.1 Å². The van der Waals surface area contributed by atoms with E-state index in [-0.39, 0.29) is 17.4 Å². The van der Waals surface area contributed by atoms with Crippen molar-refractivity contribution in [1.29, 1.82) is 0 Å². The number of benzene rings is 3. The van der Waals surface area contributed by atoms with Gasteiger partial charge in [-0.2, -0.15) is 4.37 Å². The standard InChI is InChI=1S/C21H17N3O4S2/c25-21(23-17-6-11-20-15(12-17)13-22-29-20)14-28-18-7-9-19(10-8-18)30(26,27)24-16-4-2-1-3-5-16/h1-13,24H,14H2,(H,23,25). The molecule has 30 heavy (non-hydrogen) atoms. The van der Waals surface area contributed by atoms with Crippen LogP contribution in [0, 0.1) is 0 Å². The molecule has 0 aliphatic heterocycles. The fourth-order valence-electron chi connectivity index (χ4n) is 2.73. The molecule has 0 saturated heterocycles. The monoisotopic (exact) mass is 439 g/mol. The van der Waals surface area contributed by atoms with Gasteiger partial charge in [0.2, 0.25) is 0 Å². The summed E-state index contributed by atoms with van der Waals surface area (Å²) in [6.45, 7) is -0.200. The number of sulfonamides is 1. The minimum absolute atomic E-state index is 0.0980. The summed E-state index contributed by atoms with van der Waals surface area (Å²) in [5, 5.41) is 3.72. The normalized spacial score (nSPS) is 11.2. The first kappa shape index (κ1) is 19.9. The fraction of sp³-hybridized carbons (Fsp3) is 0.0476. The van der Waals surface area contributed by atoms with E-state index < -0.39 is 10.0 Å². The molecule has 9 heteroatoms. The van der Waals surface area contributed by atoms with E-state index in [2.05, 4.69) is 14.4 Å². The van der Waals surface area contributed by atoms with E-state index in [1.807, 2.05) is 12.1 Å². The van der Waals surface area contributed by atoms with Gasteiger partial charge in [0.05, 0.1) is 9.60 Å². The molecule has 0 bridgehead atoms. The van der Waals surface area contributed by atoms with Gasteiger partial charge in [-0.15, -0.1) is 0 Å². The highest BCUT2D eigenvalue weighted by molar-refractivity contribution is 7.92. The van der Waals surface area contributed by atoms with Gasteiger partial charge in [0.1, 0.15) is 5.75 Å². The topological polar surface area (TPSA) is 97.4 Å². The van der Waals surface area contributed by atoms with Crippen LogP contribution in [0.15, 0.2) is 83.9 Å². The smallest absolute Gasteiger partial charge is 0.262 e. The summed E-state index contributed by atoms with van der Waals surface area (Å²) in [5.74, 6) is 0.0706. The number of nitrogens with zero attached hydrogens (tertiary/aromatic N) is 1. The Hall–Kier alpha value is -3.43. The fourth-order valence-corrected chi connectivity index (χ4v) is 4.42. The van der Waals surface area contributed by atoms with Crippen LogP contribution in [0.4, 0.5) is 11.4 Å². The Bertz CT molecular complexity index is 1270. The Morgan fingerprint density at radius 1 is 0.967 bits per heavy atom. The van der Waals surface area contributed by atoms with E-state index in [1.54, 1.807) is 42.6 Å². The van der Waals surface area contributed by atoms with E-state index >= 15 is 0 Å². The third-order valence-corrected chi connectivity index (χ3v) is 6.34. The number of anilines is 2. The molecule has 0 fully saturated rings. The number of rotatable bonds is 7. The van der Waals surface area contributed by atoms with Crippen LogP contribution in [0.1, 0.15) is 0 Å². The van der Waals surface area contributed by atoms with Crippen LogP contribution >= 0.6 is 11.5 Å². The van der Waals surface area contributed by atoms with Gasteiger partial charge in [-0.1, -0.05) is 18.2 Å². The van der Waals surface area contributed by atoms with Gasteiger partial charge in [0.25, 0.3) is 15.9 Å². The van der Waals surface area contributed by atoms with Crippen molar-refractivity contribution in [2.75, 3.05) is 16.6 Å². The number of amides is 1. The lowest BCUT2D eigenvalue weighted by molar-refractivity contribution is -0.118. The van der Waals surface area contributed by atoms with Crippen molar-refractivity contribution < 1.29 is 17.9 Å². The van der Waals surface area contributed by atoms with E-state index in [4.69, 9.17) is 4.74 Å². The predicted molar refractivity (Wildman–Crippen MR) is 117 cm³/mol. The van der Waals surface area contributed by atoms with Crippen LogP contribution in [0.3, 0.4) is 0 Å². The molecule has 3 aromatic carbocycles. The molecule has 0 spiro atoms. The minimum Gasteiger partial charge on any atom is -0.484 e. The third-order valence-electron chi connectivity index (χ3n) is 4.17. The van der Waals surface area contributed by atoms with E-state index in [0.29, 0.717) is 17.1 Å². The van der Waals surface area contributed by atoms with Crippen LogP contribution in [-0.2, 0) is 14.8 Å². The van der Waals surface area contributed by atoms with Crippen LogP contribution in [-0.4, -0.2) is 25.3 Å². The molecule has 7 nitrogen and oxygen atoms in total. The number of ether oxygens (including phenoxy) is 1. The minimum atomic E-state index is -3.70. The van der Waals surface area contributed by atoms with E-state index in [0.717, 1.165) is 10.1 Å². The van der Waals surface area contributed by atoms with Gasteiger partial charge < -0.3 is 10.1 Å². The molecule has 0 aliphatic carbocycles. The maximum absolute atomic E-state index is 12.4. The van der Waals surface area contributed by atoms with Crippen LogP contribution < -0.4 is 14.8 Å². The number of fused-ring (bicyclic) bond motifs is 1. The van der Waals surface area contributed by atoms with Crippen molar-refractivity contribution in [3.63, 3.8) is 0 Å². The number of carbonyl (C=O) groups excluding carboxylic acids is 1. The summed E-state index contributed by atoms with van der Waals surface area (Å²) < 4.78 is 38.0. The SMILES string of the molecule is O=C(COc1ccc(S(=O)(=O)Nc2ccccc2)cc1)Nc1ccc2sncc2c1. The van der Waals surface area contributed by atoms with Gasteiger partial charge in [0.15, 0.2) is 6.61 Å². The summed E-state index contributed by atoms with van der Waals surface area (Å²) in [4.78, 5) is 12.2. The molecule has 152 valence electrons. The number of aromatic nitrogens is 1. The molecule has 4 rings (SSSR count). The first-order valence-corrected chi connectivity index (χ1v) is 11.2. The van der Waals surface area contributed by atoms with Gasteiger partial charge in [-0.05, 0) is 66.1 Å². The van der Waals surface area contributed by atoms with E-state index in [9.17, 15) is 13.2 Å². The number of hydrogen-bond acceptors (Lipinski definition) is 6. The average Bonchev–Trinajstić information content (AvgIpc) is 3.21. The molecule has 4 aromatic rings. The Labute approximate surface area is 177 Å². The second-order valence-electron chi connectivity index (χ2n) is 6.36. The number of nitrogens with one attached hydrogen (secondary N) is 2. The highest BCUT2D eigenvalue weighted by Gasteiger charge is 2.14. The summed E-state index contributed by atoms with van der Waals surface area (Å²) in [6.07, 6.45) is 1.74. The molecule has 1 heterocycles. The lowest BCUT2D eigenvalue weighted by Gasteiger charge is -2.10. The van der Waals surface area contributed by atoms with Crippen molar-refractivity contribution >= 4 is 48.9 Å². The first-order chi connectivity index (χ1) is 14.5.